The molecule has 23 heavy (non-hydrogen) atoms. The van der Waals surface area contributed by atoms with Gasteiger partial charge in [-0.1, -0.05) is 20.8 Å². The highest BCUT2D eigenvalue weighted by Gasteiger charge is 2.73. The van der Waals surface area contributed by atoms with Crippen molar-refractivity contribution < 1.29 is 9.05 Å². The summed E-state index contributed by atoms with van der Waals surface area (Å²) in [6, 6.07) is 2.89. The first-order valence-electron chi connectivity index (χ1n) is 8.83. The van der Waals surface area contributed by atoms with Crippen LogP contribution in [0.25, 0.3) is 0 Å². The Balaban J connectivity index is 2.01. The molecule has 0 spiro atoms. The molecule has 4 nitrogen and oxygen atoms in total. The molecule has 3 fully saturated rings. The lowest BCUT2D eigenvalue weighted by Crippen LogP contribution is -2.72. The van der Waals surface area contributed by atoms with Crippen LogP contribution >= 0.6 is 8.53 Å². The molecule has 3 saturated carbocycles. The predicted molar refractivity (Wildman–Crippen MR) is 94.8 cm³/mol. The Kier molecular flexibility index (Phi) is 5.49. The van der Waals surface area contributed by atoms with Crippen molar-refractivity contribution >= 4 is 8.53 Å². The Hall–Kier alpha value is -0.200. The van der Waals surface area contributed by atoms with Gasteiger partial charge in [0.05, 0.1) is 24.7 Å². The van der Waals surface area contributed by atoms with Gasteiger partial charge in [0.2, 0.25) is 0 Å². The molecule has 0 aliphatic heterocycles. The summed E-state index contributed by atoms with van der Waals surface area (Å²) in [5.41, 5.74) is 0.868. The van der Waals surface area contributed by atoms with Crippen LogP contribution in [-0.2, 0) is 9.05 Å². The molecule has 0 N–H and O–H groups in total. The van der Waals surface area contributed by atoms with E-state index in [0.717, 1.165) is 19.3 Å². The van der Waals surface area contributed by atoms with E-state index in [0.29, 0.717) is 35.9 Å². The van der Waals surface area contributed by atoms with E-state index in [1.54, 1.807) is 0 Å². The van der Waals surface area contributed by atoms with Crippen molar-refractivity contribution in [2.45, 2.75) is 91.8 Å². The standard InChI is InChI=1S/C18H33N2O2P/c1-14(2)20(15(3)4)23(21-10-8-9-19)22-18-11-17(12-18,13-18)16(5,6)7/h14-15H,8,10-13H2,1-7H3. The Morgan fingerprint density at radius 3 is 2.04 bits per heavy atom. The van der Waals surface area contributed by atoms with Crippen molar-refractivity contribution in [1.29, 1.82) is 5.26 Å². The molecule has 0 aromatic heterocycles. The second-order valence-corrected chi connectivity index (χ2v) is 10.3. The first-order chi connectivity index (χ1) is 10.6. The summed E-state index contributed by atoms with van der Waals surface area (Å²) in [6.45, 7) is 16.2. The van der Waals surface area contributed by atoms with Crippen molar-refractivity contribution in [3.05, 3.63) is 0 Å². The van der Waals surface area contributed by atoms with Crippen molar-refractivity contribution in [3.8, 4) is 6.07 Å². The number of hydrogen-bond donors (Lipinski definition) is 0. The highest BCUT2D eigenvalue weighted by molar-refractivity contribution is 7.44. The number of nitriles is 1. The van der Waals surface area contributed by atoms with E-state index < -0.39 is 8.53 Å². The van der Waals surface area contributed by atoms with Crippen LogP contribution in [0.4, 0.5) is 0 Å². The first-order valence-corrected chi connectivity index (χ1v) is 9.96. The fourth-order valence-electron chi connectivity index (χ4n) is 4.04. The number of rotatable bonds is 8. The number of nitrogens with zero attached hydrogens (tertiary/aromatic N) is 2. The molecule has 3 aliphatic carbocycles. The van der Waals surface area contributed by atoms with Gasteiger partial charge in [0.1, 0.15) is 0 Å². The van der Waals surface area contributed by atoms with Crippen LogP contribution in [0, 0.1) is 22.2 Å². The van der Waals surface area contributed by atoms with Gasteiger partial charge >= 0.3 is 0 Å². The molecule has 0 heterocycles. The van der Waals surface area contributed by atoms with Crippen molar-refractivity contribution in [1.82, 2.24) is 4.67 Å². The molecular formula is C18H33N2O2P. The van der Waals surface area contributed by atoms with Gasteiger partial charge in [-0.25, -0.2) is 4.67 Å². The lowest BCUT2D eigenvalue weighted by atomic mass is 9.34. The monoisotopic (exact) mass is 340 g/mol. The second-order valence-electron chi connectivity index (χ2n) is 8.88. The van der Waals surface area contributed by atoms with Crippen LogP contribution in [0.5, 0.6) is 0 Å². The van der Waals surface area contributed by atoms with Gasteiger partial charge in [0.15, 0.2) is 0 Å². The van der Waals surface area contributed by atoms with Crippen molar-refractivity contribution in [2.75, 3.05) is 6.61 Å². The molecule has 1 atom stereocenters. The van der Waals surface area contributed by atoms with E-state index in [4.69, 9.17) is 14.3 Å². The van der Waals surface area contributed by atoms with Gasteiger partial charge in [-0.3, -0.25) is 0 Å². The van der Waals surface area contributed by atoms with E-state index in [9.17, 15) is 0 Å². The second kappa shape index (κ2) is 6.60. The smallest absolute Gasteiger partial charge is 0.259 e. The molecule has 0 aromatic carbocycles. The zero-order chi connectivity index (χ0) is 17.5. The van der Waals surface area contributed by atoms with Crippen LogP contribution < -0.4 is 0 Å². The quantitative estimate of drug-likeness (QED) is 0.447. The first kappa shape index (κ1) is 19.1. The summed E-state index contributed by atoms with van der Waals surface area (Å²) in [7, 11) is -1.10. The maximum absolute atomic E-state index is 8.78. The molecule has 0 radical (unpaired) electrons. The lowest BCUT2D eigenvalue weighted by molar-refractivity contribution is -0.288. The molecule has 0 aromatic rings. The van der Waals surface area contributed by atoms with Crippen LogP contribution in [0.1, 0.15) is 74.1 Å². The van der Waals surface area contributed by atoms with Crippen LogP contribution in [-0.4, -0.2) is 29.0 Å². The summed E-state index contributed by atoms with van der Waals surface area (Å²) in [6.07, 6.45) is 3.90. The highest BCUT2D eigenvalue weighted by atomic mass is 31.2. The summed E-state index contributed by atoms with van der Waals surface area (Å²) in [5, 5.41) is 8.78. The zero-order valence-corrected chi connectivity index (χ0v) is 16.7. The SMILES string of the molecule is CC(C)N(C(C)C)P(OCCC#N)OC12CC(C(C)(C)C)(C1)C2. The third kappa shape index (κ3) is 3.59. The Morgan fingerprint density at radius 2 is 1.65 bits per heavy atom. The van der Waals surface area contributed by atoms with E-state index in [1.165, 1.54) is 0 Å². The summed E-state index contributed by atoms with van der Waals surface area (Å²) in [4.78, 5) is 0. The van der Waals surface area contributed by atoms with Crippen LogP contribution in [0.15, 0.2) is 0 Å². The minimum atomic E-state index is -1.10. The average Bonchev–Trinajstić information content (AvgIpc) is 2.28. The average molecular weight is 340 g/mol. The molecule has 0 amide bonds. The van der Waals surface area contributed by atoms with Crippen LogP contribution in [0.3, 0.4) is 0 Å². The van der Waals surface area contributed by atoms with E-state index in [-0.39, 0.29) is 5.60 Å². The van der Waals surface area contributed by atoms with Crippen LogP contribution in [0.2, 0.25) is 0 Å². The topological polar surface area (TPSA) is 45.5 Å². The Morgan fingerprint density at radius 1 is 1.13 bits per heavy atom. The third-order valence-corrected chi connectivity index (χ3v) is 7.75. The molecule has 2 bridgehead atoms. The van der Waals surface area contributed by atoms with Gasteiger partial charge in [-0.2, -0.15) is 5.26 Å². The molecule has 3 rings (SSSR count). The van der Waals surface area contributed by atoms with Gasteiger partial charge < -0.3 is 9.05 Å². The van der Waals surface area contributed by atoms with E-state index in [2.05, 4.69) is 59.2 Å². The molecule has 1 unspecified atom stereocenters. The van der Waals surface area contributed by atoms with E-state index in [1.807, 2.05) is 0 Å². The lowest BCUT2D eigenvalue weighted by Gasteiger charge is -2.75. The molecule has 0 saturated heterocycles. The molecule has 132 valence electrons. The minimum Gasteiger partial charge on any atom is -0.321 e. The van der Waals surface area contributed by atoms with Gasteiger partial charge in [-0.15, -0.1) is 0 Å². The van der Waals surface area contributed by atoms with Gasteiger partial charge in [-0.05, 0) is 57.8 Å². The fraction of sp³-hybridized carbons (Fsp3) is 0.944. The summed E-state index contributed by atoms with van der Waals surface area (Å²) in [5.74, 6) is 0. The normalized spacial score (nSPS) is 31.0. The Bertz CT molecular complexity index is 437. The number of hydrogen-bond acceptors (Lipinski definition) is 4. The maximum Gasteiger partial charge on any atom is 0.259 e. The van der Waals surface area contributed by atoms with Crippen molar-refractivity contribution in [3.63, 3.8) is 0 Å². The predicted octanol–water partition coefficient (Wildman–Crippen LogP) is 5.25. The molecule has 5 heteroatoms. The fourth-order valence-corrected chi connectivity index (χ4v) is 5.84. The summed E-state index contributed by atoms with van der Waals surface area (Å²) >= 11 is 0. The van der Waals surface area contributed by atoms with E-state index >= 15 is 0 Å². The highest BCUT2D eigenvalue weighted by Crippen LogP contribution is 2.78. The molecule has 3 aliphatic rings. The minimum absolute atomic E-state index is 0.0354. The third-order valence-electron chi connectivity index (χ3n) is 5.51. The Labute approximate surface area is 143 Å². The largest absolute Gasteiger partial charge is 0.321 e. The van der Waals surface area contributed by atoms with Crippen molar-refractivity contribution in [2.24, 2.45) is 10.8 Å². The van der Waals surface area contributed by atoms with Gasteiger partial charge in [0.25, 0.3) is 8.53 Å². The molecular weight excluding hydrogens is 307 g/mol. The maximum atomic E-state index is 8.78. The zero-order valence-electron chi connectivity index (χ0n) is 15.8. The summed E-state index contributed by atoms with van der Waals surface area (Å²) < 4.78 is 14.9. The van der Waals surface area contributed by atoms with Gasteiger partial charge in [0, 0.05) is 12.1 Å².